The second-order valence-electron chi connectivity index (χ2n) is 3.56. The van der Waals surface area contributed by atoms with E-state index < -0.39 is 9.84 Å². The minimum absolute atomic E-state index is 0.0101. The molecule has 0 aromatic heterocycles. The third kappa shape index (κ3) is 4.18. The SMILES string of the molecule is CCOCCCS(=O)(=O)c1cc(N)ccc1Cl. The molecule has 17 heavy (non-hydrogen) atoms. The fraction of sp³-hybridized carbons (Fsp3) is 0.455. The molecule has 0 unspecified atom stereocenters. The summed E-state index contributed by atoms with van der Waals surface area (Å²) in [6.07, 6.45) is 0.446. The van der Waals surface area contributed by atoms with Crippen molar-refractivity contribution in [2.45, 2.75) is 18.2 Å². The van der Waals surface area contributed by atoms with Crippen LogP contribution >= 0.6 is 11.6 Å². The van der Waals surface area contributed by atoms with Gasteiger partial charge in [0.05, 0.1) is 15.7 Å². The summed E-state index contributed by atoms with van der Waals surface area (Å²) in [6.45, 7) is 2.87. The number of anilines is 1. The molecule has 96 valence electrons. The van der Waals surface area contributed by atoms with Crippen LogP contribution in [0.5, 0.6) is 0 Å². The van der Waals surface area contributed by atoms with Crippen molar-refractivity contribution in [1.82, 2.24) is 0 Å². The average molecular weight is 278 g/mol. The molecule has 0 aliphatic heterocycles. The largest absolute Gasteiger partial charge is 0.399 e. The van der Waals surface area contributed by atoms with Crippen molar-refractivity contribution < 1.29 is 13.2 Å². The minimum Gasteiger partial charge on any atom is -0.399 e. The van der Waals surface area contributed by atoms with Crippen LogP contribution in [-0.4, -0.2) is 27.4 Å². The molecule has 0 aliphatic carbocycles. The number of sulfone groups is 1. The van der Waals surface area contributed by atoms with Crippen LogP contribution in [0.15, 0.2) is 23.1 Å². The highest BCUT2D eigenvalue weighted by Gasteiger charge is 2.17. The number of benzene rings is 1. The van der Waals surface area contributed by atoms with Crippen LogP contribution in [0.3, 0.4) is 0 Å². The first-order chi connectivity index (χ1) is 7.97. The first kappa shape index (κ1) is 14.3. The third-order valence-electron chi connectivity index (χ3n) is 2.20. The fourth-order valence-electron chi connectivity index (χ4n) is 1.36. The molecule has 1 rings (SSSR count). The van der Waals surface area contributed by atoms with Crippen LogP contribution in [0.2, 0.25) is 5.02 Å². The standard InChI is InChI=1S/C11H16ClNO3S/c1-2-16-6-3-7-17(14,15)11-8-9(13)4-5-10(11)12/h4-5,8H,2-3,6-7,13H2,1H3. The summed E-state index contributed by atoms with van der Waals surface area (Å²) in [5, 5.41) is 0.204. The second kappa shape index (κ2) is 6.23. The number of hydrogen-bond donors (Lipinski definition) is 1. The van der Waals surface area contributed by atoms with E-state index in [-0.39, 0.29) is 15.7 Å². The van der Waals surface area contributed by atoms with E-state index in [9.17, 15) is 8.42 Å². The van der Waals surface area contributed by atoms with Gasteiger partial charge >= 0.3 is 0 Å². The molecular weight excluding hydrogens is 262 g/mol. The number of nitrogens with two attached hydrogens (primary N) is 1. The quantitative estimate of drug-likeness (QED) is 0.639. The van der Waals surface area contributed by atoms with Crippen molar-refractivity contribution >= 4 is 27.1 Å². The lowest BCUT2D eigenvalue weighted by Gasteiger charge is -2.07. The van der Waals surface area contributed by atoms with E-state index in [4.69, 9.17) is 22.1 Å². The maximum atomic E-state index is 12.0. The molecular formula is C11H16ClNO3S. The van der Waals surface area contributed by atoms with Gasteiger partial charge in [0.2, 0.25) is 0 Å². The van der Waals surface area contributed by atoms with E-state index in [2.05, 4.69) is 0 Å². The predicted octanol–water partition coefficient (Wildman–Crippen LogP) is 2.12. The van der Waals surface area contributed by atoms with E-state index in [1.165, 1.54) is 12.1 Å². The molecule has 0 aliphatic rings. The van der Waals surface area contributed by atoms with E-state index in [1.807, 2.05) is 6.92 Å². The monoisotopic (exact) mass is 277 g/mol. The molecule has 0 fully saturated rings. The normalized spacial score (nSPS) is 11.6. The predicted molar refractivity (Wildman–Crippen MR) is 69.0 cm³/mol. The Bertz CT molecular complexity index is 474. The molecule has 0 saturated heterocycles. The number of rotatable bonds is 6. The summed E-state index contributed by atoms with van der Waals surface area (Å²) in [5.41, 5.74) is 5.94. The van der Waals surface area contributed by atoms with Crippen molar-refractivity contribution in [1.29, 1.82) is 0 Å². The van der Waals surface area contributed by atoms with E-state index in [1.54, 1.807) is 6.07 Å². The van der Waals surface area contributed by atoms with Crippen LogP contribution in [0.1, 0.15) is 13.3 Å². The average Bonchev–Trinajstić information content (AvgIpc) is 2.28. The Hall–Kier alpha value is -0.780. The van der Waals surface area contributed by atoms with Gasteiger partial charge in [0.1, 0.15) is 0 Å². The third-order valence-corrected chi connectivity index (χ3v) is 4.47. The smallest absolute Gasteiger partial charge is 0.180 e. The van der Waals surface area contributed by atoms with Crippen LogP contribution in [0, 0.1) is 0 Å². The van der Waals surface area contributed by atoms with Crippen molar-refractivity contribution in [3.63, 3.8) is 0 Å². The molecule has 0 atom stereocenters. The molecule has 0 heterocycles. The Morgan fingerprint density at radius 1 is 1.41 bits per heavy atom. The second-order valence-corrected chi connectivity index (χ2v) is 6.04. The highest BCUT2D eigenvalue weighted by molar-refractivity contribution is 7.91. The summed E-state index contributed by atoms with van der Waals surface area (Å²) < 4.78 is 29.0. The number of hydrogen-bond acceptors (Lipinski definition) is 4. The van der Waals surface area contributed by atoms with Gasteiger partial charge in [-0.3, -0.25) is 0 Å². The first-order valence-corrected chi connectivity index (χ1v) is 7.36. The van der Waals surface area contributed by atoms with Crippen LogP contribution in [-0.2, 0) is 14.6 Å². The summed E-state index contributed by atoms with van der Waals surface area (Å²) in [7, 11) is -3.39. The van der Waals surface area contributed by atoms with Crippen molar-refractivity contribution in [2.75, 3.05) is 24.7 Å². The van der Waals surface area contributed by atoms with Gasteiger partial charge in [0.25, 0.3) is 0 Å². The van der Waals surface area contributed by atoms with Gasteiger partial charge in [-0.1, -0.05) is 11.6 Å². The van der Waals surface area contributed by atoms with E-state index in [0.29, 0.717) is 25.3 Å². The zero-order chi connectivity index (χ0) is 12.9. The van der Waals surface area contributed by atoms with E-state index >= 15 is 0 Å². The van der Waals surface area contributed by atoms with Gasteiger partial charge in [-0.25, -0.2) is 8.42 Å². The molecule has 1 aromatic carbocycles. The van der Waals surface area contributed by atoms with Crippen LogP contribution < -0.4 is 5.73 Å². The van der Waals surface area contributed by atoms with Gasteiger partial charge < -0.3 is 10.5 Å². The molecule has 6 heteroatoms. The van der Waals surface area contributed by atoms with Crippen molar-refractivity contribution in [3.8, 4) is 0 Å². The number of nitrogen functional groups attached to an aromatic ring is 1. The molecule has 4 nitrogen and oxygen atoms in total. The lowest BCUT2D eigenvalue weighted by atomic mass is 10.3. The molecule has 2 N–H and O–H groups in total. The van der Waals surface area contributed by atoms with Gasteiger partial charge in [-0.15, -0.1) is 0 Å². The molecule has 0 bridgehead atoms. The summed E-state index contributed by atoms with van der Waals surface area (Å²) in [6, 6.07) is 4.45. The van der Waals surface area contributed by atoms with E-state index in [0.717, 1.165) is 0 Å². The Kier molecular flexibility index (Phi) is 5.24. The maximum Gasteiger partial charge on any atom is 0.180 e. The highest BCUT2D eigenvalue weighted by Crippen LogP contribution is 2.25. The lowest BCUT2D eigenvalue weighted by molar-refractivity contribution is 0.148. The maximum absolute atomic E-state index is 12.0. The summed E-state index contributed by atoms with van der Waals surface area (Å²) >= 11 is 5.85. The minimum atomic E-state index is -3.39. The molecule has 0 saturated carbocycles. The molecule has 0 radical (unpaired) electrons. The number of ether oxygens (including phenoxy) is 1. The Morgan fingerprint density at radius 3 is 2.76 bits per heavy atom. The topological polar surface area (TPSA) is 69.4 Å². The highest BCUT2D eigenvalue weighted by atomic mass is 35.5. The molecule has 1 aromatic rings. The van der Waals surface area contributed by atoms with Gasteiger partial charge in [0.15, 0.2) is 9.84 Å². The van der Waals surface area contributed by atoms with Gasteiger partial charge in [0, 0.05) is 18.9 Å². The Morgan fingerprint density at radius 2 is 2.12 bits per heavy atom. The first-order valence-electron chi connectivity index (χ1n) is 5.33. The zero-order valence-electron chi connectivity index (χ0n) is 9.65. The molecule has 0 amide bonds. The van der Waals surface area contributed by atoms with Crippen LogP contribution in [0.25, 0.3) is 0 Å². The van der Waals surface area contributed by atoms with Crippen molar-refractivity contribution in [2.24, 2.45) is 0 Å². The zero-order valence-corrected chi connectivity index (χ0v) is 11.2. The van der Waals surface area contributed by atoms with Crippen molar-refractivity contribution in [3.05, 3.63) is 23.2 Å². The summed E-state index contributed by atoms with van der Waals surface area (Å²) in [5.74, 6) is 0.0101. The molecule has 0 spiro atoms. The lowest BCUT2D eigenvalue weighted by Crippen LogP contribution is -2.10. The van der Waals surface area contributed by atoms with Crippen LogP contribution in [0.4, 0.5) is 5.69 Å². The fourth-order valence-corrected chi connectivity index (χ4v) is 3.23. The summed E-state index contributed by atoms with van der Waals surface area (Å²) in [4.78, 5) is 0.0932. The Labute approximate surface area is 107 Å². The van der Waals surface area contributed by atoms with Gasteiger partial charge in [-0.2, -0.15) is 0 Å². The number of halogens is 1. The van der Waals surface area contributed by atoms with Gasteiger partial charge in [-0.05, 0) is 31.5 Å². The Balaban J connectivity index is 2.79.